The molecule has 1 aliphatic rings. The van der Waals surface area contributed by atoms with E-state index in [0.717, 1.165) is 41.9 Å². The molecular weight excluding hydrogens is 528 g/mol. The van der Waals surface area contributed by atoms with Gasteiger partial charge in [0.1, 0.15) is 22.7 Å². The summed E-state index contributed by atoms with van der Waals surface area (Å²) in [7, 11) is 2.08. The number of H-pyrrole nitrogens is 1. The smallest absolute Gasteiger partial charge is 0.246 e. The van der Waals surface area contributed by atoms with Crippen LogP contribution in [0.15, 0.2) is 79.7 Å². The maximum absolute atomic E-state index is 12.8. The number of anilines is 2. The number of hydrogen-bond donors (Lipinski definition) is 3. The number of ether oxygens (including phenoxy) is 1. The van der Waals surface area contributed by atoms with E-state index in [-0.39, 0.29) is 11.9 Å². The van der Waals surface area contributed by atoms with Crippen molar-refractivity contribution >= 4 is 34.3 Å². The molecule has 4 heterocycles. The van der Waals surface area contributed by atoms with E-state index in [1.54, 1.807) is 18.5 Å². The van der Waals surface area contributed by atoms with Crippen molar-refractivity contribution in [2.75, 3.05) is 37.3 Å². The Morgan fingerprint density at radius 1 is 1.21 bits per heavy atom. The predicted octanol–water partition coefficient (Wildman–Crippen LogP) is 5.53. The number of amides is 1. The number of nitrogens with one attached hydrogen (secondary N) is 3. The average Bonchev–Trinajstić information content (AvgIpc) is 3.65. The summed E-state index contributed by atoms with van der Waals surface area (Å²) < 4.78 is 6.28. The highest BCUT2D eigenvalue weighted by atomic mass is 16.5. The van der Waals surface area contributed by atoms with Gasteiger partial charge in [-0.1, -0.05) is 25.6 Å². The molecule has 1 unspecified atom stereocenters. The second-order valence-electron chi connectivity index (χ2n) is 10.6. The third-order valence-electron chi connectivity index (χ3n) is 7.64. The minimum Gasteiger partial charge on any atom is -0.456 e. The molecule has 0 saturated carbocycles. The zero-order valence-electron chi connectivity index (χ0n) is 24.4. The first-order valence-corrected chi connectivity index (χ1v) is 14.3. The van der Waals surface area contributed by atoms with Crippen LogP contribution >= 0.6 is 0 Å². The van der Waals surface area contributed by atoms with Gasteiger partial charge in [0.2, 0.25) is 5.91 Å². The summed E-state index contributed by atoms with van der Waals surface area (Å²) in [6.07, 6.45) is 8.97. The molecule has 1 fully saturated rings. The molecule has 1 amide bonds. The van der Waals surface area contributed by atoms with Crippen LogP contribution in [0.2, 0.25) is 0 Å². The number of likely N-dealkylation sites (N-methyl/N-ethyl adjacent to an activating group) is 1. The van der Waals surface area contributed by atoms with E-state index in [1.807, 2.05) is 59.5 Å². The largest absolute Gasteiger partial charge is 0.456 e. The summed E-state index contributed by atoms with van der Waals surface area (Å²) in [6, 6.07) is 15.7. The van der Waals surface area contributed by atoms with Crippen molar-refractivity contribution < 1.29 is 9.53 Å². The molecule has 218 valence electrons. The van der Waals surface area contributed by atoms with E-state index >= 15 is 0 Å². The van der Waals surface area contributed by atoms with Crippen molar-refractivity contribution in [1.29, 1.82) is 0 Å². The van der Waals surface area contributed by atoms with Crippen LogP contribution in [0.4, 0.5) is 11.6 Å². The summed E-state index contributed by atoms with van der Waals surface area (Å²) in [5, 5.41) is 15.0. The van der Waals surface area contributed by atoms with Crippen molar-refractivity contribution in [2.45, 2.75) is 38.8 Å². The van der Waals surface area contributed by atoms with Gasteiger partial charge in [-0.2, -0.15) is 5.10 Å². The lowest BCUT2D eigenvalue weighted by Crippen LogP contribution is -2.31. The lowest BCUT2D eigenvalue weighted by Gasteiger charge is -2.21. The average molecular weight is 567 g/mol. The zero-order chi connectivity index (χ0) is 29.5. The molecule has 4 aromatic rings. The fraction of sp³-hybridized carbons (Fsp3) is 0.312. The summed E-state index contributed by atoms with van der Waals surface area (Å²) in [4.78, 5) is 25.6. The number of carbonyl (C=O) groups is 1. The Hall–Kier alpha value is -4.70. The quantitative estimate of drug-likeness (QED) is 0.192. The number of fused-ring (bicyclic) bond motifs is 1. The van der Waals surface area contributed by atoms with Crippen molar-refractivity contribution in [3.8, 4) is 11.5 Å². The van der Waals surface area contributed by atoms with Gasteiger partial charge in [-0.05, 0) is 68.8 Å². The van der Waals surface area contributed by atoms with Crippen LogP contribution in [0.1, 0.15) is 32.3 Å². The number of benzene rings is 1. The standard InChI is InChI=1S/C32H38N8O2/c1-5-22(2)39(4)19-8-10-29(41)40-20-16-25(21-40)36-32-30-27(15-18-34-31(30)37-38-32)42-26-13-11-24(12-14-26)23(3)35-28-9-6-7-17-33-28/h6-15,17-18,22,25H,3,5,16,19-21H2,1-2,4H3,(H,33,35)(H2,34,36,37,38)/b10-8+/t22?,25-/m1/s1. The number of likely N-dealkylation sites (tertiary alicyclic amines) is 1. The molecule has 0 aliphatic carbocycles. The molecule has 10 nitrogen and oxygen atoms in total. The molecule has 1 saturated heterocycles. The zero-order valence-corrected chi connectivity index (χ0v) is 24.4. The van der Waals surface area contributed by atoms with Gasteiger partial charge in [-0.15, -0.1) is 0 Å². The van der Waals surface area contributed by atoms with Gasteiger partial charge in [-0.3, -0.25) is 9.89 Å². The summed E-state index contributed by atoms with van der Waals surface area (Å²) in [5.41, 5.74) is 2.29. The van der Waals surface area contributed by atoms with E-state index in [1.165, 1.54) is 0 Å². The van der Waals surface area contributed by atoms with Crippen LogP contribution in [0.25, 0.3) is 16.7 Å². The lowest BCUT2D eigenvalue weighted by atomic mass is 10.1. The van der Waals surface area contributed by atoms with E-state index in [0.29, 0.717) is 42.1 Å². The molecule has 3 aromatic heterocycles. The van der Waals surface area contributed by atoms with Crippen LogP contribution < -0.4 is 15.4 Å². The maximum Gasteiger partial charge on any atom is 0.246 e. The van der Waals surface area contributed by atoms with E-state index in [4.69, 9.17) is 4.74 Å². The van der Waals surface area contributed by atoms with Gasteiger partial charge >= 0.3 is 0 Å². The van der Waals surface area contributed by atoms with Gasteiger partial charge in [-0.25, -0.2) is 9.97 Å². The molecule has 5 rings (SSSR count). The molecule has 2 atom stereocenters. The Kier molecular flexibility index (Phi) is 9.13. The second-order valence-corrected chi connectivity index (χ2v) is 10.6. The maximum atomic E-state index is 12.8. The molecule has 1 aliphatic heterocycles. The monoisotopic (exact) mass is 566 g/mol. The normalized spacial score (nSPS) is 15.8. The number of nitrogens with zero attached hydrogens (tertiary/aromatic N) is 5. The molecule has 3 N–H and O–H groups in total. The Labute approximate surface area is 246 Å². The first-order chi connectivity index (χ1) is 20.4. The van der Waals surface area contributed by atoms with Crippen LogP contribution in [0.3, 0.4) is 0 Å². The van der Waals surface area contributed by atoms with Gasteiger partial charge in [0.25, 0.3) is 0 Å². The van der Waals surface area contributed by atoms with Gasteiger partial charge in [0.15, 0.2) is 11.5 Å². The van der Waals surface area contributed by atoms with Crippen molar-refractivity contribution in [2.24, 2.45) is 0 Å². The highest BCUT2D eigenvalue weighted by Crippen LogP contribution is 2.34. The van der Waals surface area contributed by atoms with Gasteiger partial charge in [0.05, 0.1) is 0 Å². The summed E-state index contributed by atoms with van der Waals surface area (Å²) >= 11 is 0. The predicted molar refractivity (Wildman–Crippen MR) is 167 cm³/mol. The third kappa shape index (κ3) is 6.95. The minimum absolute atomic E-state index is 0.0378. The Morgan fingerprint density at radius 3 is 2.81 bits per heavy atom. The third-order valence-corrected chi connectivity index (χ3v) is 7.64. The SMILES string of the molecule is C=C(Nc1ccccn1)c1ccc(Oc2ccnc3[nH]nc(N[C@@H]4CCN(C(=O)/C=C/CN(C)C(C)CC)C4)c23)cc1. The molecule has 1 aromatic carbocycles. The van der Waals surface area contributed by atoms with Crippen molar-refractivity contribution in [3.63, 3.8) is 0 Å². The molecular formula is C32H38N8O2. The fourth-order valence-corrected chi connectivity index (χ4v) is 4.81. The fourth-order valence-electron chi connectivity index (χ4n) is 4.81. The first kappa shape index (κ1) is 28.8. The van der Waals surface area contributed by atoms with Crippen molar-refractivity contribution in [1.82, 2.24) is 30.0 Å². The Balaban J connectivity index is 1.21. The molecule has 0 spiro atoms. The van der Waals surface area contributed by atoms with Gasteiger partial charge in [0, 0.05) is 62.0 Å². The van der Waals surface area contributed by atoms with E-state index < -0.39 is 0 Å². The first-order valence-electron chi connectivity index (χ1n) is 14.3. The van der Waals surface area contributed by atoms with Crippen LogP contribution in [0, 0.1) is 0 Å². The Morgan fingerprint density at radius 2 is 2.05 bits per heavy atom. The number of aromatic amines is 1. The number of aromatic nitrogens is 4. The summed E-state index contributed by atoms with van der Waals surface area (Å²) in [6.45, 7) is 10.5. The van der Waals surface area contributed by atoms with E-state index in [9.17, 15) is 4.79 Å². The number of rotatable bonds is 12. The van der Waals surface area contributed by atoms with Crippen LogP contribution in [0.5, 0.6) is 11.5 Å². The van der Waals surface area contributed by atoms with E-state index in [2.05, 4.69) is 63.2 Å². The minimum atomic E-state index is 0.0378. The number of pyridine rings is 2. The highest BCUT2D eigenvalue weighted by Gasteiger charge is 2.26. The molecule has 10 heteroatoms. The summed E-state index contributed by atoms with van der Waals surface area (Å²) in [5.74, 6) is 2.73. The second kappa shape index (κ2) is 13.3. The topological polar surface area (TPSA) is 111 Å². The molecule has 0 radical (unpaired) electrons. The van der Waals surface area contributed by atoms with Crippen LogP contribution in [-0.2, 0) is 4.79 Å². The van der Waals surface area contributed by atoms with Gasteiger partial charge < -0.3 is 25.2 Å². The van der Waals surface area contributed by atoms with Crippen molar-refractivity contribution in [3.05, 3.63) is 85.2 Å². The number of carbonyl (C=O) groups excluding carboxylic acids is 1. The number of hydrogen-bond acceptors (Lipinski definition) is 8. The lowest BCUT2D eigenvalue weighted by molar-refractivity contribution is -0.125. The molecule has 42 heavy (non-hydrogen) atoms. The molecule has 0 bridgehead atoms. The highest BCUT2D eigenvalue weighted by molar-refractivity contribution is 5.93. The van der Waals surface area contributed by atoms with Crippen LogP contribution in [-0.4, -0.2) is 74.6 Å². The Bertz CT molecular complexity index is 1530.